The molecule has 1 aliphatic heterocycles. The number of hydrogen-bond donors (Lipinski definition) is 2. The Morgan fingerprint density at radius 2 is 2.11 bits per heavy atom. The van der Waals surface area contributed by atoms with E-state index < -0.39 is 0 Å². The Morgan fingerprint density at radius 3 is 2.58 bits per heavy atom. The Morgan fingerprint density at radius 1 is 1.42 bits per heavy atom. The number of likely N-dealkylation sites (N-methyl/N-ethyl adjacent to an activating group) is 1. The van der Waals surface area contributed by atoms with Gasteiger partial charge in [-0.25, -0.2) is 0 Å². The van der Waals surface area contributed by atoms with E-state index in [-0.39, 0.29) is 17.8 Å². The van der Waals surface area contributed by atoms with Crippen molar-refractivity contribution in [2.24, 2.45) is 0 Å². The Labute approximate surface area is 119 Å². The van der Waals surface area contributed by atoms with Crippen LogP contribution in [0.2, 0.25) is 0 Å². The van der Waals surface area contributed by atoms with E-state index in [2.05, 4.69) is 24.5 Å². The molecule has 2 rings (SSSR count). The molecule has 0 aromatic heterocycles. The van der Waals surface area contributed by atoms with Gasteiger partial charge in [0.1, 0.15) is 0 Å². The highest BCUT2D eigenvalue weighted by Crippen LogP contribution is 2.26. The van der Waals surface area contributed by atoms with Crippen LogP contribution in [0.5, 0.6) is 0 Å². The second kappa shape index (κ2) is 6.30. The minimum absolute atomic E-state index is 0.133. The molecule has 1 aromatic carbocycles. The van der Waals surface area contributed by atoms with Crippen molar-refractivity contribution in [2.45, 2.75) is 18.6 Å². The van der Waals surface area contributed by atoms with E-state index in [1.807, 2.05) is 24.3 Å². The molecule has 0 radical (unpaired) electrons. The highest BCUT2D eigenvalue weighted by atomic mass is 32.1. The van der Waals surface area contributed by atoms with Gasteiger partial charge in [-0.05, 0) is 31.2 Å². The molecule has 0 spiro atoms. The summed E-state index contributed by atoms with van der Waals surface area (Å²) in [5.41, 5.74) is 1.99. The number of carbonyl (C=O) groups excluding carboxylic acids is 1. The first-order chi connectivity index (χ1) is 9.15. The Hall–Kier alpha value is -1.20. The van der Waals surface area contributed by atoms with Crippen LogP contribution in [0.1, 0.15) is 13.3 Å². The van der Waals surface area contributed by atoms with Crippen molar-refractivity contribution in [1.82, 2.24) is 0 Å². The van der Waals surface area contributed by atoms with Crippen molar-refractivity contribution in [3.8, 4) is 0 Å². The lowest BCUT2D eigenvalue weighted by molar-refractivity contribution is -0.117. The van der Waals surface area contributed by atoms with Crippen LogP contribution in [0.25, 0.3) is 0 Å². The van der Waals surface area contributed by atoms with Crippen molar-refractivity contribution in [1.29, 1.82) is 0 Å². The Kier molecular flexibility index (Phi) is 4.71. The van der Waals surface area contributed by atoms with Gasteiger partial charge in [0.2, 0.25) is 5.91 Å². The van der Waals surface area contributed by atoms with E-state index in [4.69, 9.17) is 5.11 Å². The summed E-state index contributed by atoms with van der Waals surface area (Å²) < 4.78 is 0. The average Bonchev–Trinajstić information content (AvgIpc) is 2.75. The lowest BCUT2D eigenvalue weighted by Gasteiger charge is -2.23. The molecular weight excluding hydrogens is 260 g/mol. The van der Waals surface area contributed by atoms with Crippen LogP contribution in [0.3, 0.4) is 0 Å². The summed E-state index contributed by atoms with van der Waals surface area (Å²) in [6.07, 6.45) is 0.510. The third kappa shape index (κ3) is 3.22. The second-order valence-corrected chi connectivity index (χ2v) is 5.41. The van der Waals surface area contributed by atoms with Crippen molar-refractivity contribution in [2.75, 3.05) is 36.0 Å². The smallest absolute Gasteiger partial charge is 0.228 e. The number of aliphatic hydroxyl groups is 1. The molecule has 1 aromatic rings. The number of aliphatic hydroxyl groups excluding tert-OH is 1. The maximum Gasteiger partial charge on any atom is 0.228 e. The van der Waals surface area contributed by atoms with Gasteiger partial charge < -0.3 is 14.9 Å². The van der Waals surface area contributed by atoms with Crippen LogP contribution in [-0.4, -0.2) is 42.5 Å². The summed E-state index contributed by atoms with van der Waals surface area (Å²) in [4.78, 5) is 15.7. The zero-order valence-electron chi connectivity index (χ0n) is 11.1. The molecule has 4 nitrogen and oxygen atoms in total. The molecule has 1 unspecified atom stereocenters. The van der Waals surface area contributed by atoms with Crippen LogP contribution in [-0.2, 0) is 4.79 Å². The van der Waals surface area contributed by atoms with Crippen molar-refractivity contribution < 1.29 is 9.90 Å². The Bertz CT molecular complexity index is 436. The van der Waals surface area contributed by atoms with Crippen LogP contribution >= 0.6 is 12.6 Å². The summed E-state index contributed by atoms with van der Waals surface area (Å²) >= 11 is 4.36. The van der Waals surface area contributed by atoms with Gasteiger partial charge in [-0.15, -0.1) is 0 Å². The van der Waals surface area contributed by atoms with Gasteiger partial charge in [0.15, 0.2) is 0 Å². The van der Waals surface area contributed by atoms with Gasteiger partial charge >= 0.3 is 0 Å². The molecule has 1 heterocycles. The fourth-order valence-corrected chi connectivity index (χ4v) is 2.69. The zero-order chi connectivity index (χ0) is 13.8. The topological polar surface area (TPSA) is 43.8 Å². The number of hydrogen-bond acceptors (Lipinski definition) is 4. The molecule has 1 saturated heterocycles. The fraction of sp³-hybridized carbons (Fsp3) is 0.500. The van der Waals surface area contributed by atoms with Crippen LogP contribution in [0.15, 0.2) is 24.3 Å². The number of anilines is 2. The largest absolute Gasteiger partial charge is 0.395 e. The van der Waals surface area contributed by atoms with E-state index in [9.17, 15) is 4.79 Å². The van der Waals surface area contributed by atoms with E-state index in [1.54, 1.807) is 4.90 Å². The zero-order valence-corrected chi connectivity index (χ0v) is 12.0. The van der Waals surface area contributed by atoms with Gasteiger partial charge in [0.25, 0.3) is 0 Å². The molecule has 1 atom stereocenters. The normalized spacial score (nSPS) is 19.0. The van der Waals surface area contributed by atoms with Crippen molar-refractivity contribution >= 4 is 29.9 Å². The maximum atomic E-state index is 11.8. The lowest BCUT2D eigenvalue weighted by atomic mass is 10.2. The van der Waals surface area contributed by atoms with E-state index in [0.717, 1.165) is 17.9 Å². The molecule has 19 heavy (non-hydrogen) atoms. The monoisotopic (exact) mass is 280 g/mol. The maximum absolute atomic E-state index is 11.8. The average molecular weight is 280 g/mol. The third-order valence-electron chi connectivity index (χ3n) is 3.38. The minimum atomic E-state index is 0.133. The molecule has 1 amide bonds. The van der Waals surface area contributed by atoms with E-state index >= 15 is 0 Å². The minimum Gasteiger partial charge on any atom is -0.395 e. The lowest BCUT2D eigenvalue weighted by Crippen LogP contribution is -2.27. The number of nitrogens with zero attached hydrogens (tertiary/aromatic N) is 2. The van der Waals surface area contributed by atoms with Crippen molar-refractivity contribution in [3.63, 3.8) is 0 Å². The predicted octanol–water partition coefficient (Wildman–Crippen LogP) is 1.54. The van der Waals surface area contributed by atoms with Gasteiger partial charge in [0, 0.05) is 42.7 Å². The van der Waals surface area contributed by atoms with Crippen LogP contribution in [0.4, 0.5) is 11.4 Å². The second-order valence-electron chi connectivity index (χ2n) is 4.68. The standard InChI is InChI=1S/C14H20N2O2S/c1-2-15(7-8-17)11-3-5-12(6-4-11)16-10-13(19)9-14(16)18/h3-6,13,17,19H,2,7-10H2,1H3. The number of carbonyl (C=O) groups is 1. The summed E-state index contributed by atoms with van der Waals surface area (Å²) in [7, 11) is 0. The summed E-state index contributed by atoms with van der Waals surface area (Å²) in [6, 6.07) is 7.90. The van der Waals surface area contributed by atoms with Crippen molar-refractivity contribution in [3.05, 3.63) is 24.3 Å². The van der Waals surface area contributed by atoms with E-state index in [0.29, 0.717) is 19.5 Å². The molecule has 104 valence electrons. The SMILES string of the molecule is CCN(CCO)c1ccc(N2CC(S)CC2=O)cc1. The van der Waals surface area contributed by atoms with Gasteiger partial charge in [0.05, 0.1) is 6.61 Å². The first-order valence-electron chi connectivity index (χ1n) is 6.60. The summed E-state index contributed by atoms with van der Waals surface area (Å²) in [5, 5.41) is 9.15. The number of rotatable bonds is 5. The van der Waals surface area contributed by atoms with Gasteiger partial charge in [-0.2, -0.15) is 12.6 Å². The molecular formula is C14H20N2O2S. The van der Waals surface area contributed by atoms with Gasteiger partial charge in [-0.1, -0.05) is 0 Å². The molecule has 1 fully saturated rings. The molecule has 0 saturated carbocycles. The number of thiol groups is 1. The quantitative estimate of drug-likeness (QED) is 0.804. The molecule has 1 N–H and O–H groups in total. The predicted molar refractivity (Wildman–Crippen MR) is 81.2 cm³/mol. The highest BCUT2D eigenvalue weighted by molar-refractivity contribution is 7.81. The first-order valence-corrected chi connectivity index (χ1v) is 7.11. The van der Waals surface area contributed by atoms with Crippen LogP contribution in [0, 0.1) is 0 Å². The first kappa shape index (κ1) is 14.2. The number of amides is 1. The van der Waals surface area contributed by atoms with E-state index in [1.165, 1.54) is 0 Å². The highest BCUT2D eigenvalue weighted by Gasteiger charge is 2.28. The number of benzene rings is 1. The molecule has 0 bridgehead atoms. The molecule has 5 heteroatoms. The van der Waals surface area contributed by atoms with Crippen LogP contribution < -0.4 is 9.80 Å². The fourth-order valence-electron chi connectivity index (χ4n) is 2.37. The third-order valence-corrected chi connectivity index (χ3v) is 3.73. The Balaban J connectivity index is 2.12. The molecule has 0 aliphatic carbocycles. The molecule has 1 aliphatic rings. The summed E-state index contributed by atoms with van der Waals surface area (Å²) in [5.74, 6) is 0.135. The van der Waals surface area contributed by atoms with Gasteiger partial charge in [-0.3, -0.25) is 4.79 Å². The summed E-state index contributed by atoms with van der Waals surface area (Å²) in [6.45, 7) is 4.34.